The normalized spacial score (nSPS) is 23.4. The topological polar surface area (TPSA) is 0 Å². The van der Waals surface area contributed by atoms with Gasteiger partial charge in [0.2, 0.25) is 0 Å². The zero-order valence-corrected chi connectivity index (χ0v) is 23.9. The van der Waals surface area contributed by atoms with Crippen molar-refractivity contribution in [1.29, 1.82) is 0 Å². The fourth-order valence-electron chi connectivity index (χ4n) is 7.46. The molecule has 2 aliphatic rings. The third kappa shape index (κ3) is 6.02. The van der Waals surface area contributed by atoms with Gasteiger partial charge in [-0.3, -0.25) is 0 Å². The van der Waals surface area contributed by atoms with Crippen molar-refractivity contribution in [2.75, 3.05) is 0 Å². The summed E-state index contributed by atoms with van der Waals surface area (Å²) in [6.45, 7) is 4.19. The van der Waals surface area contributed by atoms with Gasteiger partial charge in [0.15, 0.2) is 23.3 Å². The molecule has 0 unspecified atom stereocenters. The minimum Gasteiger partial charge on any atom is -0.203 e. The number of halogens is 4. The molecule has 0 spiro atoms. The van der Waals surface area contributed by atoms with Crippen molar-refractivity contribution < 1.29 is 17.6 Å². The molecule has 4 heteroatoms. The van der Waals surface area contributed by atoms with Crippen LogP contribution >= 0.6 is 0 Å². The summed E-state index contributed by atoms with van der Waals surface area (Å²) in [5.41, 5.74) is 2.22. The van der Waals surface area contributed by atoms with Crippen molar-refractivity contribution in [3.05, 3.63) is 82.9 Å². The molecule has 5 rings (SSSR count). The van der Waals surface area contributed by atoms with E-state index in [2.05, 4.69) is 6.92 Å². The van der Waals surface area contributed by atoms with Crippen LogP contribution < -0.4 is 0 Å². The van der Waals surface area contributed by atoms with Crippen LogP contribution in [0.3, 0.4) is 0 Å². The quantitative estimate of drug-likeness (QED) is 0.245. The van der Waals surface area contributed by atoms with E-state index in [4.69, 9.17) is 0 Å². The van der Waals surface area contributed by atoms with Gasteiger partial charge in [0.05, 0.1) is 0 Å². The Kier molecular flexibility index (Phi) is 9.33. The Morgan fingerprint density at radius 2 is 1.07 bits per heavy atom. The number of benzene rings is 3. The van der Waals surface area contributed by atoms with Crippen LogP contribution in [0.4, 0.5) is 17.6 Å². The third-order valence-electron chi connectivity index (χ3n) is 9.77. The summed E-state index contributed by atoms with van der Waals surface area (Å²) in [6.07, 6.45) is 13.3. The third-order valence-corrected chi connectivity index (χ3v) is 9.77. The van der Waals surface area contributed by atoms with Crippen molar-refractivity contribution in [2.45, 2.75) is 96.8 Å². The van der Waals surface area contributed by atoms with Gasteiger partial charge < -0.3 is 0 Å². The SMILES string of the molecule is CCCc1ccc(-c2ccc(-c3ccc(C4CCC(C5CCC(CCC)CC5)CC4)c(F)c3F)cc2)c(F)c1F. The number of rotatable bonds is 8. The Hall–Kier alpha value is -2.62. The molecule has 0 nitrogen and oxygen atoms in total. The lowest BCUT2D eigenvalue weighted by Gasteiger charge is -2.38. The molecule has 2 fully saturated rings. The summed E-state index contributed by atoms with van der Waals surface area (Å²) in [4.78, 5) is 0. The molecular formula is C36H42F4. The Bertz CT molecular complexity index is 1280. The van der Waals surface area contributed by atoms with Crippen LogP contribution in [-0.4, -0.2) is 0 Å². The van der Waals surface area contributed by atoms with E-state index >= 15 is 8.78 Å². The van der Waals surface area contributed by atoms with Gasteiger partial charge in [-0.2, -0.15) is 0 Å². The summed E-state index contributed by atoms with van der Waals surface area (Å²) in [6, 6.07) is 13.2. The zero-order valence-electron chi connectivity index (χ0n) is 23.9. The maximum atomic E-state index is 15.4. The van der Waals surface area contributed by atoms with Crippen molar-refractivity contribution >= 4 is 0 Å². The molecule has 3 aromatic rings. The molecule has 3 aromatic carbocycles. The number of hydrogen-bond donors (Lipinski definition) is 0. The van der Waals surface area contributed by atoms with Gasteiger partial charge in [0.1, 0.15) is 0 Å². The summed E-state index contributed by atoms with van der Waals surface area (Å²) in [7, 11) is 0. The fraction of sp³-hybridized carbons (Fsp3) is 0.500. The first kappa shape index (κ1) is 28.9. The van der Waals surface area contributed by atoms with Gasteiger partial charge in [-0.25, -0.2) is 17.6 Å². The van der Waals surface area contributed by atoms with Crippen LogP contribution in [0.2, 0.25) is 0 Å². The molecule has 0 aromatic heterocycles. The highest BCUT2D eigenvalue weighted by molar-refractivity contribution is 5.71. The predicted octanol–water partition coefficient (Wildman–Crippen LogP) is 11.4. The number of hydrogen-bond acceptors (Lipinski definition) is 0. The smallest absolute Gasteiger partial charge is 0.166 e. The van der Waals surface area contributed by atoms with Crippen LogP contribution in [0.1, 0.15) is 102 Å². The Morgan fingerprint density at radius 3 is 1.62 bits per heavy atom. The van der Waals surface area contributed by atoms with Crippen molar-refractivity contribution in [3.63, 3.8) is 0 Å². The Labute approximate surface area is 237 Å². The largest absolute Gasteiger partial charge is 0.203 e. The minimum atomic E-state index is -0.876. The van der Waals surface area contributed by atoms with E-state index in [9.17, 15) is 8.78 Å². The van der Waals surface area contributed by atoms with Crippen LogP contribution in [0.5, 0.6) is 0 Å². The highest BCUT2D eigenvalue weighted by atomic mass is 19.2. The summed E-state index contributed by atoms with van der Waals surface area (Å²) < 4.78 is 59.9. The van der Waals surface area contributed by atoms with E-state index in [1.54, 1.807) is 48.5 Å². The molecule has 2 aliphatic carbocycles. The molecule has 0 aliphatic heterocycles. The summed E-state index contributed by atoms with van der Waals surface area (Å²) in [5, 5.41) is 0. The lowest BCUT2D eigenvalue weighted by atomic mass is 9.68. The molecule has 0 heterocycles. The molecule has 214 valence electrons. The Balaban J connectivity index is 1.25. The molecule has 0 atom stereocenters. The maximum Gasteiger partial charge on any atom is 0.166 e. The highest BCUT2D eigenvalue weighted by Gasteiger charge is 2.32. The van der Waals surface area contributed by atoms with Crippen LogP contribution in [0.15, 0.2) is 48.5 Å². The molecule has 0 saturated heterocycles. The molecule has 2 saturated carbocycles. The van der Waals surface area contributed by atoms with Gasteiger partial charge in [0, 0.05) is 11.1 Å². The average molecular weight is 551 g/mol. The van der Waals surface area contributed by atoms with E-state index in [0.717, 1.165) is 49.9 Å². The van der Waals surface area contributed by atoms with Crippen LogP contribution in [-0.2, 0) is 6.42 Å². The van der Waals surface area contributed by atoms with Crippen LogP contribution in [0.25, 0.3) is 22.3 Å². The number of aryl methyl sites for hydroxylation is 1. The molecule has 40 heavy (non-hydrogen) atoms. The first-order chi connectivity index (χ1) is 19.4. The summed E-state index contributed by atoms with van der Waals surface area (Å²) >= 11 is 0. The van der Waals surface area contributed by atoms with Crippen molar-refractivity contribution in [3.8, 4) is 22.3 Å². The van der Waals surface area contributed by atoms with E-state index in [1.807, 2.05) is 6.92 Å². The molecule has 0 radical (unpaired) electrons. The highest BCUT2D eigenvalue weighted by Crippen LogP contribution is 2.45. The standard InChI is InChI=1S/C36H42F4/c1-3-5-23-7-9-24(10-8-23)25-11-13-26(14-12-25)31-21-22-32(36(40)35(31)39)28-17-15-27(16-18-28)30-20-19-29(6-4-2)33(37)34(30)38/h15-26H,3-14H2,1-2H3. The second kappa shape index (κ2) is 12.9. The van der Waals surface area contributed by atoms with Crippen molar-refractivity contribution in [1.82, 2.24) is 0 Å². The first-order valence-electron chi connectivity index (χ1n) is 15.5. The second-order valence-corrected chi connectivity index (χ2v) is 12.2. The first-order valence-corrected chi connectivity index (χ1v) is 15.5. The van der Waals surface area contributed by atoms with Gasteiger partial charge in [-0.05, 0) is 90.9 Å². The Morgan fingerprint density at radius 1 is 0.550 bits per heavy atom. The fourth-order valence-corrected chi connectivity index (χ4v) is 7.46. The van der Waals surface area contributed by atoms with Crippen molar-refractivity contribution in [2.24, 2.45) is 17.8 Å². The molecular weight excluding hydrogens is 508 g/mol. The van der Waals surface area contributed by atoms with Gasteiger partial charge in [0.25, 0.3) is 0 Å². The summed E-state index contributed by atoms with van der Waals surface area (Å²) in [5.74, 6) is -0.768. The lowest BCUT2D eigenvalue weighted by Crippen LogP contribution is -2.25. The van der Waals surface area contributed by atoms with E-state index in [-0.39, 0.29) is 17.0 Å². The maximum absolute atomic E-state index is 15.4. The molecule has 0 N–H and O–H groups in total. The van der Waals surface area contributed by atoms with E-state index in [0.29, 0.717) is 28.7 Å². The van der Waals surface area contributed by atoms with Gasteiger partial charge in [-0.15, -0.1) is 0 Å². The van der Waals surface area contributed by atoms with E-state index in [1.165, 1.54) is 38.5 Å². The van der Waals surface area contributed by atoms with Gasteiger partial charge in [-0.1, -0.05) is 94.5 Å². The molecule has 0 amide bonds. The monoisotopic (exact) mass is 550 g/mol. The minimum absolute atomic E-state index is 0.0622. The molecule has 0 bridgehead atoms. The predicted molar refractivity (Wildman–Crippen MR) is 156 cm³/mol. The average Bonchev–Trinajstić information content (AvgIpc) is 2.98. The van der Waals surface area contributed by atoms with E-state index < -0.39 is 23.3 Å². The zero-order chi connectivity index (χ0) is 28.2. The van der Waals surface area contributed by atoms with Gasteiger partial charge >= 0.3 is 0 Å². The van der Waals surface area contributed by atoms with Crippen LogP contribution in [0, 0.1) is 41.0 Å². The second-order valence-electron chi connectivity index (χ2n) is 12.2. The lowest BCUT2D eigenvalue weighted by molar-refractivity contribution is 0.156.